The zero-order valence-electron chi connectivity index (χ0n) is 27.1. The van der Waals surface area contributed by atoms with Crippen LogP contribution in [0.2, 0.25) is 0 Å². The van der Waals surface area contributed by atoms with Crippen LogP contribution in [0.15, 0.2) is 30.5 Å². The van der Waals surface area contributed by atoms with Gasteiger partial charge in [-0.3, -0.25) is 9.69 Å². The van der Waals surface area contributed by atoms with Gasteiger partial charge in [-0.25, -0.2) is 13.8 Å². The number of amides is 1. The Hall–Kier alpha value is -2.79. The molecule has 2 saturated carbocycles. The molecule has 11 heteroatoms. The van der Waals surface area contributed by atoms with Crippen LogP contribution in [0.5, 0.6) is 11.6 Å². The molecule has 1 saturated heterocycles. The molecule has 46 heavy (non-hydrogen) atoms. The number of ether oxygens (including phenoxy) is 2. The number of rotatable bonds is 9. The van der Waals surface area contributed by atoms with E-state index in [0.29, 0.717) is 19.1 Å². The highest BCUT2D eigenvalue weighted by Crippen LogP contribution is 2.40. The van der Waals surface area contributed by atoms with Crippen LogP contribution in [-0.2, 0) is 22.3 Å². The maximum atomic E-state index is 14.1. The van der Waals surface area contributed by atoms with Crippen LogP contribution in [-0.4, -0.2) is 53.6 Å². The minimum absolute atomic E-state index is 0.0138. The topological polar surface area (TPSA) is 54.9 Å². The van der Waals surface area contributed by atoms with Gasteiger partial charge in [0.1, 0.15) is 11.3 Å². The highest BCUT2D eigenvalue weighted by molar-refractivity contribution is 5.96. The Labute approximate surface area is 268 Å². The van der Waals surface area contributed by atoms with Crippen molar-refractivity contribution in [1.29, 1.82) is 0 Å². The summed E-state index contributed by atoms with van der Waals surface area (Å²) in [7, 11) is 0. The minimum atomic E-state index is -4.76. The van der Waals surface area contributed by atoms with Crippen molar-refractivity contribution in [1.82, 2.24) is 9.88 Å². The van der Waals surface area contributed by atoms with Gasteiger partial charge in [0.2, 0.25) is 11.8 Å². The molecule has 254 valence electrons. The van der Waals surface area contributed by atoms with Crippen LogP contribution in [0.1, 0.15) is 94.7 Å². The zero-order chi connectivity index (χ0) is 33.1. The van der Waals surface area contributed by atoms with Gasteiger partial charge in [0.25, 0.3) is 5.92 Å². The molecule has 3 aliphatic rings. The molecule has 0 radical (unpaired) electrons. The van der Waals surface area contributed by atoms with Crippen LogP contribution < -0.4 is 9.64 Å². The fourth-order valence-corrected chi connectivity index (χ4v) is 7.28. The van der Waals surface area contributed by atoms with E-state index < -0.39 is 30.1 Å². The molecule has 3 fully saturated rings. The Bertz CT molecular complexity index is 1340. The van der Waals surface area contributed by atoms with Gasteiger partial charge >= 0.3 is 6.18 Å². The molecule has 0 N–H and O–H groups in total. The Morgan fingerprint density at radius 1 is 1.07 bits per heavy atom. The lowest BCUT2D eigenvalue weighted by Gasteiger charge is -2.40. The number of carbonyl (C=O) groups is 1. The number of piperidine rings is 1. The number of carbonyl (C=O) groups excluding carboxylic acids is 1. The average molecular weight is 652 g/mol. The molecular formula is C35H46F5N3O3. The van der Waals surface area contributed by atoms with E-state index in [1.807, 2.05) is 18.7 Å². The number of pyridine rings is 1. The summed E-state index contributed by atoms with van der Waals surface area (Å²) >= 11 is 0. The van der Waals surface area contributed by atoms with Gasteiger partial charge in [0.05, 0.1) is 12.6 Å². The van der Waals surface area contributed by atoms with Crippen LogP contribution in [0, 0.1) is 18.8 Å². The van der Waals surface area contributed by atoms with Crippen molar-refractivity contribution in [2.24, 2.45) is 11.8 Å². The first-order valence-electron chi connectivity index (χ1n) is 16.7. The smallest absolute Gasteiger partial charge is 0.421 e. The van der Waals surface area contributed by atoms with E-state index in [-0.39, 0.29) is 54.7 Å². The quantitative estimate of drug-likeness (QED) is 0.254. The third-order valence-electron chi connectivity index (χ3n) is 9.75. The molecule has 1 aliphatic heterocycles. The maximum Gasteiger partial charge on any atom is 0.421 e. The number of halogens is 5. The van der Waals surface area contributed by atoms with Crippen molar-refractivity contribution in [3.05, 3.63) is 47.2 Å². The predicted octanol–water partition coefficient (Wildman–Crippen LogP) is 8.94. The van der Waals surface area contributed by atoms with Gasteiger partial charge in [-0.2, -0.15) is 13.2 Å². The third-order valence-corrected chi connectivity index (χ3v) is 9.75. The number of aromatic nitrogens is 1. The molecule has 0 atom stereocenters. The number of nitrogens with zero attached hydrogens (tertiary/aromatic N) is 3. The van der Waals surface area contributed by atoms with Crippen molar-refractivity contribution in [3.63, 3.8) is 0 Å². The SMILES string of the molecule is CCOC1CCC(N(C(=O)C2CCC(C)CC2)c2ccc(Oc3ncc(CN4CCCC(F)(F)C4)cc3C(F)(F)F)cc2C)CC1. The van der Waals surface area contributed by atoms with Crippen LogP contribution in [0.3, 0.4) is 0 Å². The molecule has 1 aromatic heterocycles. The van der Waals surface area contributed by atoms with Gasteiger partial charge in [-0.15, -0.1) is 0 Å². The molecule has 2 aliphatic carbocycles. The molecule has 2 heterocycles. The number of hydrogen-bond donors (Lipinski definition) is 0. The number of aryl methyl sites for hydroxylation is 1. The number of likely N-dealkylation sites (tertiary alicyclic amines) is 1. The van der Waals surface area contributed by atoms with Crippen molar-refractivity contribution < 1.29 is 36.2 Å². The molecule has 0 bridgehead atoms. The second kappa shape index (κ2) is 14.5. The summed E-state index contributed by atoms with van der Waals surface area (Å²) in [6.07, 6.45) is 3.85. The Morgan fingerprint density at radius 3 is 2.41 bits per heavy atom. The van der Waals surface area contributed by atoms with Crippen molar-refractivity contribution in [2.45, 2.75) is 116 Å². The monoisotopic (exact) mass is 651 g/mol. The Morgan fingerprint density at radius 2 is 1.78 bits per heavy atom. The molecule has 5 rings (SSSR count). The van der Waals surface area contributed by atoms with E-state index in [4.69, 9.17) is 9.47 Å². The lowest BCUT2D eigenvalue weighted by atomic mass is 9.81. The number of anilines is 1. The molecule has 2 aromatic rings. The minimum Gasteiger partial charge on any atom is -0.438 e. The highest BCUT2D eigenvalue weighted by Gasteiger charge is 2.39. The van der Waals surface area contributed by atoms with Gasteiger partial charge in [0.15, 0.2) is 0 Å². The standard InChI is InChI=1S/C35H46F5N3O3/c1-4-45-28-12-10-27(11-13-28)43(33(44)26-8-6-23(2)7-9-26)31-15-14-29(18-24(31)3)46-32-30(35(38,39)40)19-25(20-41-32)21-42-17-5-16-34(36,37)22-42/h14-15,18-20,23,26-28H,4-13,16-17,21-22H2,1-3H3. The molecule has 0 unspecified atom stereocenters. The van der Waals surface area contributed by atoms with Crippen molar-refractivity contribution in [2.75, 3.05) is 24.6 Å². The summed E-state index contributed by atoms with van der Waals surface area (Å²) in [4.78, 5) is 21.5. The van der Waals surface area contributed by atoms with Gasteiger partial charge < -0.3 is 14.4 Å². The van der Waals surface area contributed by atoms with Gasteiger partial charge in [0, 0.05) is 43.4 Å². The van der Waals surface area contributed by atoms with Crippen LogP contribution >= 0.6 is 0 Å². The lowest BCUT2D eigenvalue weighted by molar-refractivity contribution is -0.139. The van der Waals surface area contributed by atoms with E-state index in [1.165, 1.54) is 11.1 Å². The summed E-state index contributed by atoms with van der Waals surface area (Å²) in [5.41, 5.74) is 0.589. The average Bonchev–Trinajstić information content (AvgIpc) is 2.99. The van der Waals surface area contributed by atoms with E-state index >= 15 is 0 Å². The zero-order valence-corrected chi connectivity index (χ0v) is 27.1. The van der Waals surface area contributed by atoms with Crippen LogP contribution in [0.25, 0.3) is 0 Å². The summed E-state index contributed by atoms with van der Waals surface area (Å²) in [6, 6.07) is 5.94. The van der Waals surface area contributed by atoms with E-state index in [2.05, 4.69) is 11.9 Å². The van der Waals surface area contributed by atoms with Crippen molar-refractivity contribution >= 4 is 11.6 Å². The number of hydrogen-bond acceptors (Lipinski definition) is 5. The Kier molecular flexibility index (Phi) is 10.9. The summed E-state index contributed by atoms with van der Waals surface area (Å²) in [5.74, 6) is -2.62. The molecule has 0 spiro atoms. The second-order valence-corrected chi connectivity index (χ2v) is 13.5. The maximum absolute atomic E-state index is 14.1. The highest BCUT2D eigenvalue weighted by atomic mass is 19.4. The van der Waals surface area contributed by atoms with Gasteiger partial charge in [-0.05, 0) is 119 Å². The van der Waals surface area contributed by atoms with Crippen LogP contribution in [0.4, 0.5) is 27.6 Å². The van der Waals surface area contributed by atoms with E-state index in [0.717, 1.165) is 68.7 Å². The van der Waals surface area contributed by atoms with E-state index in [9.17, 15) is 26.7 Å². The summed E-state index contributed by atoms with van der Waals surface area (Å²) in [5, 5.41) is 0. The summed E-state index contributed by atoms with van der Waals surface area (Å²) < 4.78 is 81.7. The first-order chi connectivity index (χ1) is 21.8. The fourth-order valence-electron chi connectivity index (χ4n) is 7.28. The van der Waals surface area contributed by atoms with E-state index in [1.54, 1.807) is 18.2 Å². The lowest BCUT2D eigenvalue weighted by Crippen LogP contribution is -2.47. The Balaban J connectivity index is 1.37. The second-order valence-electron chi connectivity index (χ2n) is 13.5. The number of alkyl halides is 5. The summed E-state index contributed by atoms with van der Waals surface area (Å²) in [6.45, 7) is 6.53. The number of benzene rings is 1. The fraction of sp³-hybridized carbons (Fsp3) is 0.657. The first kappa shape index (κ1) is 34.5. The molecule has 1 amide bonds. The normalized spacial score (nSPS) is 25.7. The molecule has 6 nitrogen and oxygen atoms in total. The molecular weight excluding hydrogens is 605 g/mol. The molecule has 1 aromatic carbocycles. The predicted molar refractivity (Wildman–Crippen MR) is 166 cm³/mol. The van der Waals surface area contributed by atoms with Crippen molar-refractivity contribution in [3.8, 4) is 11.6 Å². The third kappa shape index (κ3) is 8.56. The van der Waals surface area contributed by atoms with Gasteiger partial charge in [-0.1, -0.05) is 6.92 Å². The largest absolute Gasteiger partial charge is 0.438 e. The first-order valence-corrected chi connectivity index (χ1v) is 16.7.